The lowest BCUT2D eigenvalue weighted by atomic mass is 9.93. The van der Waals surface area contributed by atoms with E-state index in [0.29, 0.717) is 23.7 Å². The molecule has 7 heteroatoms. The number of halogens is 4. The first-order valence-corrected chi connectivity index (χ1v) is 14.4. The van der Waals surface area contributed by atoms with Crippen molar-refractivity contribution in [2.75, 3.05) is 19.8 Å². The van der Waals surface area contributed by atoms with Gasteiger partial charge in [-0.1, -0.05) is 63.3 Å². The van der Waals surface area contributed by atoms with Crippen molar-refractivity contribution in [1.82, 2.24) is 0 Å². The Labute approximate surface area is 234 Å². The van der Waals surface area contributed by atoms with Gasteiger partial charge in [0, 0.05) is 17.7 Å². The molecule has 0 radical (unpaired) electrons. The van der Waals surface area contributed by atoms with Crippen LogP contribution >= 0.6 is 0 Å². The van der Waals surface area contributed by atoms with E-state index in [9.17, 15) is 13.2 Å². The summed E-state index contributed by atoms with van der Waals surface area (Å²) >= 11 is 0. The van der Waals surface area contributed by atoms with Gasteiger partial charge in [-0.2, -0.15) is 8.78 Å². The number of rotatable bonds is 13. The van der Waals surface area contributed by atoms with Gasteiger partial charge < -0.3 is 14.2 Å². The molecule has 0 amide bonds. The molecular weight excluding hydrogens is 520 g/mol. The third kappa shape index (κ3) is 7.36. The molecule has 216 valence electrons. The van der Waals surface area contributed by atoms with E-state index in [0.717, 1.165) is 12.8 Å². The Balaban J connectivity index is 1.34. The lowest BCUT2D eigenvalue weighted by Crippen LogP contribution is -2.30. The molecule has 1 saturated heterocycles. The molecular formula is C33H38F4O3. The average molecular weight is 559 g/mol. The van der Waals surface area contributed by atoms with Crippen LogP contribution in [0, 0.1) is 29.2 Å². The van der Waals surface area contributed by atoms with Crippen LogP contribution in [0.4, 0.5) is 17.6 Å². The highest BCUT2D eigenvalue weighted by atomic mass is 19.2. The highest BCUT2D eigenvalue weighted by Crippen LogP contribution is 2.34. The third-order valence-corrected chi connectivity index (χ3v) is 7.51. The second kappa shape index (κ2) is 14.5. The zero-order valence-electron chi connectivity index (χ0n) is 23.3. The lowest BCUT2D eigenvalue weighted by molar-refractivity contribution is -0.0400. The van der Waals surface area contributed by atoms with E-state index in [2.05, 4.69) is 6.92 Å². The summed E-state index contributed by atoms with van der Waals surface area (Å²) in [6.07, 6.45) is 9.25. The van der Waals surface area contributed by atoms with Gasteiger partial charge in [-0.15, -0.1) is 0 Å². The average Bonchev–Trinajstić information content (AvgIpc) is 2.97. The van der Waals surface area contributed by atoms with E-state index in [1.54, 1.807) is 6.92 Å². The van der Waals surface area contributed by atoms with Crippen molar-refractivity contribution in [3.05, 3.63) is 71.8 Å². The molecule has 0 saturated carbocycles. The van der Waals surface area contributed by atoms with Gasteiger partial charge in [0.15, 0.2) is 23.1 Å². The molecule has 3 nitrogen and oxygen atoms in total. The number of benzene rings is 3. The monoisotopic (exact) mass is 558 g/mol. The molecule has 4 rings (SSSR count). The van der Waals surface area contributed by atoms with Crippen molar-refractivity contribution in [3.63, 3.8) is 0 Å². The minimum absolute atomic E-state index is 0.0467. The Bertz CT molecular complexity index is 1240. The maximum atomic E-state index is 15.0. The van der Waals surface area contributed by atoms with E-state index in [-0.39, 0.29) is 41.9 Å². The topological polar surface area (TPSA) is 27.7 Å². The fourth-order valence-electron chi connectivity index (χ4n) is 5.16. The summed E-state index contributed by atoms with van der Waals surface area (Å²) < 4.78 is 75.4. The van der Waals surface area contributed by atoms with Gasteiger partial charge in [-0.25, -0.2) is 8.78 Å². The molecule has 2 unspecified atom stereocenters. The summed E-state index contributed by atoms with van der Waals surface area (Å²) in [5, 5.41) is 0. The molecule has 0 bridgehead atoms. The predicted octanol–water partition coefficient (Wildman–Crippen LogP) is 9.51. The third-order valence-electron chi connectivity index (χ3n) is 7.51. The molecule has 0 N–H and O–H groups in total. The molecule has 1 aliphatic heterocycles. The van der Waals surface area contributed by atoms with E-state index >= 15 is 4.39 Å². The van der Waals surface area contributed by atoms with E-state index in [1.807, 2.05) is 0 Å². The predicted molar refractivity (Wildman–Crippen MR) is 150 cm³/mol. The summed E-state index contributed by atoms with van der Waals surface area (Å²) in [4.78, 5) is 0. The summed E-state index contributed by atoms with van der Waals surface area (Å²) in [5.74, 6) is -3.96. The summed E-state index contributed by atoms with van der Waals surface area (Å²) in [6, 6.07) is 11.8. The molecule has 40 heavy (non-hydrogen) atoms. The standard InChI is InChI=1S/C33H38F4O3/c1-3-5-6-7-8-9-22-10-15-25(39-20-22)21-40-29-19-17-27(31(35)33(29)37)24-13-11-23(12-14-24)26-16-18-28(38-4-2)32(36)30(26)34/h11-14,16-19,22,25H,3-10,15,20-21H2,1-2H3. The number of ether oxygens (including phenoxy) is 3. The second-order valence-corrected chi connectivity index (χ2v) is 10.4. The first kappa shape index (κ1) is 29.9. The molecule has 1 fully saturated rings. The van der Waals surface area contributed by atoms with Crippen molar-refractivity contribution >= 4 is 0 Å². The molecule has 3 aromatic rings. The van der Waals surface area contributed by atoms with Gasteiger partial charge in [0.1, 0.15) is 6.61 Å². The van der Waals surface area contributed by atoms with Crippen LogP contribution in [-0.4, -0.2) is 25.9 Å². The Morgan fingerprint density at radius 1 is 0.675 bits per heavy atom. The SMILES string of the molecule is CCCCCCCC1CCC(COc2ccc(-c3ccc(-c4ccc(OCC)c(F)c4F)cc3)c(F)c2F)OC1. The molecule has 0 aliphatic carbocycles. The molecule has 2 atom stereocenters. The van der Waals surface area contributed by atoms with Gasteiger partial charge >= 0.3 is 0 Å². The van der Waals surface area contributed by atoms with Crippen molar-refractivity contribution in [3.8, 4) is 33.8 Å². The summed E-state index contributed by atoms with van der Waals surface area (Å²) in [6.45, 7) is 4.95. The van der Waals surface area contributed by atoms with Crippen LogP contribution in [0.25, 0.3) is 22.3 Å². The van der Waals surface area contributed by atoms with Crippen LogP contribution in [0.2, 0.25) is 0 Å². The highest BCUT2D eigenvalue weighted by molar-refractivity contribution is 5.72. The normalized spacial score (nSPS) is 17.1. The molecule has 3 aromatic carbocycles. The van der Waals surface area contributed by atoms with Crippen LogP contribution in [0.5, 0.6) is 11.5 Å². The lowest BCUT2D eigenvalue weighted by Gasteiger charge is -2.29. The van der Waals surface area contributed by atoms with Crippen molar-refractivity contribution in [2.24, 2.45) is 5.92 Å². The number of hydrogen-bond donors (Lipinski definition) is 0. The Hall–Kier alpha value is -3.06. The minimum Gasteiger partial charge on any atom is -0.491 e. The van der Waals surface area contributed by atoms with Crippen LogP contribution in [0.1, 0.15) is 65.2 Å². The molecule has 0 spiro atoms. The van der Waals surface area contributed by atoms with Gasteiger partial charge in [0.25, 0.3) is 0 Å². The first-order valence-electron chi connectivity index (χ1n) is 14.4. The smallest absolute Gasteiger partial charge is 0.201 e. The second-order valence-electron chi connectivity index (χ2n) is 10.4. The minimum atomic E-state index is -1.07. The zero-order chi connectivity index (χ0) is 28.5. The summed E-state index contributed by atoms with van der Waals surface area (Å²) in [7, 11) is 0. The van der Waals surface area contributed by atoms with Gasteiger partial charge in [0.2, 0.25) is 11.6 Å². The molecule has 1 aliphatic rings. The number of unbranched alkanes of at least 4 members (excludes halogenated alkanes) is 4. The van der Waals surface area contributed by atoms with Crippen LogP contribution in [-0.2, 0) is 4.74 Å². The van der Waals surface area contributed by atoms with E-state index < -0.39 is 23.3 Å². The Morgan fingerprint density at radius 3 is 1.77 bits per heavy atom. The van der Waals surface area contributed by atoms with Crippen molar-refractivity contribution < 1.29 is 31.8 Å². The summed E-state index contributed by atoms with van der Waals surface area (Å²) in [5.41, 5.74) is 0.890. The fourth-order valence-corrected chi connectivity index (χ4v) is 5.16. The molecule has 1 heterocycles. The fraction of sp³-hybridized carbons (Fsp3) is 0.455. The van der Waals surface area contributed by atoms with Gasteiger partial charge in [0.05, 0.1) is 12.7 Å². The van der Waals surface area contributed by atoms with Crippen LogP contribution < -0.4 is 9.47 Å². The quantitative estimate of drug-likeness (QED) is 0.154. The van der Waals surface area contributed by atoms with E-state index in [4.69, 9.17) is 14.2 Å². The Kier molecular flexibility index (Phi) is 10.9. The largest absolute Gasteiger partial charge is 0.491 e. The van der Waals surface area contributed by atoms with Crippen LogP contribution in [0.3, 0.4) is 0 Å². The van der Waals surface area contributed by atoms with Crippen molar-refractivity contribution in [1.29, 1.82) is 0 Å². The highest BCUT2D eigenvalue weighted by Gasteiger charge is 2.23. The molecule has 0 aromatic heterocycles. The first-order chi connectivity index (χ1) is 19.4. The Morgan fingerprint density at radius 2 is 1.25 bits per heavy atom. The van der Waals surface area contributed by atoms with Crippen LogP contribution in [0.15, 0.2) is 48.5 Å². The van der Waals surface area contributed by atoms with E-state index in [1.165, 1.54) is 87.1 Å². The maximum absolute atomic E-state index is 15.0. The number of hydrogen-bond acceptors (Lipinski definition) is 3. The van der Waals surface area contributed by atoms with Gasteiger partial charge in [-0.3, -0.25) is 0 Å². The van der Waals surface area contributed by atoms with Crippen molar-refractivity contribution in [2.45, 2.75) is 71.3 Å². The maximum Gasteiger partial charge on any atom is 0.201 e. The van der Waals surface area contributed by atoms with Gasteiger partial charge in [-0.05, 0) is 67.5 Å². The zero-order valence-corrected chi connectivity index (χ0v) is 23.3.